The monoisotopic (exact) mass is 743 g/mol. The molecule has 1 fully saturated rings. The van der Waals surface area contributed by atoms with E-state index < -0.39 is 23.5 Å². The van der Waals surface area contributed by atoms with Crippen molar-refractivity contribution >= 4 is 22.8 Å². The summed E-state index contributed by atoms with van der Waals surface area (Å²) in [5, 5.41) is 4.15. The lowest BCUT2D eigenvalue weighted by molar-refractivity contribution is -0.143. The van der Waals surface area contributed by atoms with Crippen LogP contribution in [0.5, 0.6) is 5.75 Å². The van der Waals surface area contributed by atoms with Crippen molar-refractivity contribution in [2.24, 2.45) is 0 Å². The van der Waals surface area contributed by atoms with Crippen LogP contribution in [-0.4, -0.2) is 63.2 Å². The maximum absolute atomic E-state index is 14.0. The van der Waals surface area contributed by atoms with Crippen LogP contribution in [0.3, 0.4) is 0 Å². The number of aryl methyl sites for hydroxylation is 2. The summed E-state index contributed by atoms with van der Waals surface area (Å²) in [6.45, 7) is 11.2. The van der Waals surface area contributed by atoms with Gasteiger partial charge < -0.3 is 28.7 Å². The molecule has 1 saturated heterocycles. The number of hydrogen-bond acceptors (Lipinski definition) is 8. The number of aromatic nitrogens is 2. The molecule has 0 spiro atoms. The van der Waals surface area contributed by atoms with E-state index in [4.69, 9.17) is 19.0 Å². The first-order valence-electron chi connectivity index (χ1n) is 17.5. The highest BCUT2D eigenvalue weighted by molar-refractivity contribution is 5.77. The minimum absolute atomic E-state index is 0.145. The van der Waals surface area contributed by atoms with Gasteiger partial charge in [-0.05, 0) is 90.9 Å². The van der Waals surface area contributed by atoms with Gasteiger partial charge in [0, 0.05) is 44.8 Å². The van der Waals surface area contributed by atoms with Crippen LogP contribution < -0.4 is 19.4 Å². The van der Waals surface area contributed by atoms with Gasteiger partial charge in [-0.3, -0.25) is 0 Å². The second kappa shape index (κ2) is 15.3. The molecule has 2 aliphatic heterocycles. The molecule has 0 saturated carbocycles. The molecule has 14 heteroatoms. The predicted molar refractivity (Wildman–Crippen MR) is 192 cm³/mol. The van der Waals surface area contributed by atoms with Gasteiger partial charge in [-0.2, -0.15) is 26.3 Å². The molecule has 0 bridgehead atoms. The summed E-state index contributed by atoms with van der Waals surface area (Å²) in [5.74, 6) is 1.93. The molecular formula is C39H43F6N5O3. The van der Waals surface area contributed by atoms with Gasteiger partial charge >= 0.3 is 12.4 Å². The summed E-state index contributed by atoms with van der Waals surface area (Å²) in [7, 11) is 1.60. The minimum Gasteiger partial charge on any atom is -0.496 e. The van der Waals surface area contributed by atoms with Crippen molar-refractivity contribution in [3.63, 3.8) is 0 Å². The second-order valence-corrected chi connectivity index (χ2v) is 13.8. The maximum atomic E-state index is 14.0. The first kappa shape index (κ1) is 38.0. The van der Waals surface area contributed by atoms with Gasteiger partial charge in [-0.25, -0.2) is 4.98 Å². The van der Waals surface area contributed by atoms with E-state index in [-0.39, 0.29) is 30.6 Å². The van der Waals surface area contributed by atoms with E-state index >= 15 is 0 Å². The quantitative estimate of drug-likeness (QED) is 0.149. The van der Waals surface area contributed by atoms with Crippen molar-refractivity contribution in [1.82, 2.24) is 10.1 Å². The molecule has 2 aromatic heterocycles. The molecule has 2 aromatic carbocycles. The van der Waals surface area contributed by atoms with Crippen LogP contribution in [0.15, 0.2) is 64.8 Å². The number of methoxy groups -OCH3 is 1. The lowest BCUT2D eigenvalue weighted by atomic mass is 9.89. The van der Waals surface area contributed by atoms with Crippen molar-refractivity contribution in [3.05, 3.63) is 99.6 Å². The first-order valence-corrected chi connectivity index (χ1v) is 17.5. The third-order valence-electron chi connectivity index (χ3n) is 9.80. The number of ether oxygens (including phenoxy) is 2. The highest BCUT2D eigenvalue weighted by Crippen LogP contribution is 2.40. The van der Waals surface area contributed by atoms with E-state index in [9.17, 15) is 26.3 Å². The highest BCUT2D eigenvalue weighted by Gasteiger charge is 2.37. The summed E-state index contributed by atoms with van der Waals surface area (Å²) >= 11 is 0. The molecule has 53 heavy (non-hydrogen) atoms. The molecule has 4 heterocycles. The van der Waals surface area contributed by atoms with Crippen LogP contribution in [0.1, 0.15) is 65.5 Å². The Labute approximate surface area is 305 Å². The number of pyridine rings is 1. The summed E-state index contributed by atoms with van der Waals surface area (Å²) in [4.78, 5) is 10.7. The molecule has 0 aliphatic carbocycles. The van der Waals surface area contributed by atoms with Crippen molar-refractivity contribution < 1.29 is 40.3 Å². The number of halogens is 6. The van der Waals surface area contributed by atoms with Crippen LogP contribution in [0.4, 0.5) is 43.5 Å². The van der Waals surface area contributed by atoms with Crippen LogP contribution in [0.2, 0.25) is 0 Å². The summed E-state index contributed by atoms with van der Waals surface area (Å²) in [6.07, 6.45) is -7.70. The van der Waals surface area contributed by atoms with Crippen LogP contribution in [0.25, 0.3) is 5.57 Å². The second-order valence-electron chi connectivity index (χ2n) is 13.8. The molecule has 2 aliphatic rings. The number of nitrogens with zero attached hydrogens (tertiary/aromatic N) is 5. The van der Waals surface area contributed by atoms with Crippen molar-refractivity contribution in [3.8, 4) is 5.75 Å². The zero-order valence-electron chi connectivity index (χ0n) is 30.4. The summed E-state index contributed by atoms with van der Waals surface area (Å²) in [5.41, 5.74) is 3.40. The smallest absolute Gasteiger partial charge is 0.416 e. The molecule has 0 unspecified atom stereocenters. The average Bonchev–Trinajstić information content (AvgIpc) is 3.47. The Hall–Kier alpha value is -4.72. The molecule has 0 radical (unpaired) electrons. The molecular weight excluding hydrogens is 700 g/mol. The number of morpholine rings is 1. The van der Waals surface area contributed by atoms with E-state index in [1.807, 2.05) is 32.0 Å². The van der Waals surface area contributed by atoms with E-state index in [1.165, 1.54) is 0 Å². The normalized spacial score (nSPS) is 15.8. The number of benzene rings is 2. The van der Waals surface area contributed by atoms with Gasteiger partial charge in [0.15, 0.2) is 5.76 Å². The Morgan fingerprint density at radius 1 is 0.868 bits per heavy atom. The Morgan fingerprint density at radius 3 is 2.13 bits per heavy atom. The highest BCUT2D eigenvalue weighted by atomic mass is 19.4. The van der Waals surface area contributed by atoms with Gasteiger partial charge in [0.2, 0.25) is 0 Å². The van der Waals surface area contributed by atoms with Crippen LogP contribution in [-0.2, 0) is 23.6 Å². The Bertz CT molecular complexity index is 1880. The van der Waals surface area contributed by atoms with Crippen molar-refractivity contribution in [2.75, 3.05) is 67.7 Å². The molecule has 284 valence electrons. The third-order valence-corrected chi connectivity index (χ3v) is 9.80. The predicted octanol–water partition coefficient (Wildman–Crippen LogP) is 9.06. The van der Waals surface area contributed by atoms with Gasteiger partial charge in [0.05, 0.1) is 43.3 Å². The average molecular weight is 744 g/mol. The fourth-order valence-corrected chi connectivity index (χ4v) is 7.09. The van der Waals surface area contributed by atoms with E-state index in [0.29, 0.717) is 68.8 Å². The van der Waals surface area contributed by atoms with Gasteiger partial charge in [-0.15, -0.1) is 0 Å². The maximum Gasteiger partial charge on any atom is 0.416 e. The fraction of sp³-hybridized carbons (Fsp3) is 0.436. The lowest BCUT2D eigenvalue weighted by Gasteiger charge is -2.36. The number of hydrogen-bond donors (Lipinski definition) is 0. The molecule has 8 nitrogen and oxygen atoms in total. The van der Waals surface area contributed by atoms with Gasteiger partial charge in [0.1, 0.15) is 22.9 Å². The third kappa shape index (κ3) is 8.58. The van der Waals surface area contributed by atoms with Crippen molar-refractivity contribution in [2.45, 2.75) is 58.9 Å². The number of rotatable bonds is 10. The Morgan fingerprint density at radius 2 is 1.57 bits per heavy atom. The Kier molecular flexibility index (Phi) is 11.0. The zero-order valence-corrected chi connectivity index (χ0v) is 30.4. The SMILES string of the molecule is COc1ccc(C(C)C)cc1C1=C(CN(Cc2cc(C(F)(F)F)cc(C(F)(F)F)c2)c2ccc(N3CCOCC3)cn2)CN(c2c(C)noc2C)CC1. The summed E-state index contributed by atoms with van der Waals surface area (Å²) < 4.78 is 101. The topological polar surface area (TPSA) is 67.1 Å². The van der Waals surface area contributed by atoms with E-state index in [1.54, 1.807) is 24.3 Å². The molecule has 4 aromatic rings. The summed E-state index contributed by atoms with van der Waals surface area (Å²) in [6, 6.07) is 11.4. The van der Waals surface area contributed by atoms with Crippen molar-refractivity contribution in [1.29, 1.82) is 0 Å². The zero-order chi connectivity index (χ0) is 38.1. The van der Waals surface area contributed by atoms with E-state index in [2.05, 4.69) is 34.9 Å². The van der Waals surface area contributed by atoms with Gasteiger partial charge in [-0.1, -0.05) is 25.1 Å². The first-order chi connectivity index (χ1) is 25.1. The molecule has 0 atom stereocenters. The van der Waals surface area contributed by atoms with E-state index in [0.717, 1.165) is 45.8 Å². The number of anilines is 3. The fourth-order valence-electron chi connectivity index (χ4n) is 7.09. The minimum atomic E-state index is -4.98. The van der Waals surface area contributed by atoms with Crippen LogP contribution >= 0.6 is 0 Å². The lowest BCUT2D eigenvalue weighted by Crippen LogP contribution is -2.37. The van der Waals surface area contributed by atoms with Crippen LogP contribution in [0, 0.1) is 13.8 Å². The number of alkyl halides is 6. The Balaban J connectivity index is 1.48. The molecule has 0 amide bonds. The largest absolute Gasteiger partial charge is 0.496 e. The molecule has 6 rings (SSSR count). The molecule has 0 N–H and O–H groups in total. The standard InChI is InChI=1S/C39H43F6N5O3/c1-24(2)28-6-8-35(51-5)34(18-28)33-10-11-49(37-25(3)47-53-26(37)4)22-29(33)23-50(36-9-7-32(20-46-36)48-12-14-52-15-13-48)21-27-16-30(38(40,41)42)19-31(17-27)39(43,44)45/h6-9,16-20,24H,10-15,21-23H2,1-5H3. The van der Waals surface area contributed by atoms with Gasteiger partial charge in [0.25, 0.3) is 0 Å².